The molecule has 0 saturated carbocycles. The molecule has 2 aromatic carbocycles. The van der Waals surface area contributed by atoms with E-state index < -0.39 is 0 Å². The zero-order valence-electron chi connectivity index (χ0n) is 18.1. The lowest BCUT2D eigenvalue weighted by Crippen LogP contribution is -2.31. The number of ether oxygens (including phenoxy) is 1. The average Bonchev–Trinajstić information content (AvgIpc) is 3.24. The second kappa shape index (κ2) is 9.84. The van der Waals surface area contributed by atoms with Gasteiger partial charge in [0.15, 0.2) is 0 Å². The number of para-hydroxylation sites is 2. The first-order valence-corrected chi connectivity index (χ1v) is 11.8. The number of nitrogens with zero attached hydrogens (tertiary/aromatic N) is 2. The van der Waals surface area contributed by atoms with Crippen LogP contribution in [0.1, 0.15) is 25.8 Å². The van der Waals surface area contributed by atoms with Crippen molar-refractivity contribution in [2.45, 2.75) is 26.8 Å². The lowest BCUT2D eigenvalue weighted by atomic mass is 10.1. The highest BCUT2D eigenvalue weighted by Crippen LogP contribution is 2.34. The van der Waals surface area contributed by atoms with E-state index in [4.69, 9.17) is 16.3 Å². The maximum Gasteiger partial charge on any atom is 0.293 e. The molecule has 32 heavy (non-hydrogen) atoms. The third-order valence-corrected chi connectivity index (χ3v) is 6.38. The predicted molar refractivity (Wildman–Crippen MR) is 131 cm³/mol. The number of aryl methyl sites for hydroxylation is 1. The Morgan fingerprint density at radius 2 is 1.84 bits per heavy atom. The molecule has 166 valence electrons. The molecule has 0 atom stereocenters. The van der Waals surface area contributed by atoms with Gasteiger partial charge in [-0.3, -0.25) is 14.5 Å². The minimum Gasteiger partial charge on any atom is -0.492 e. The molecule has 0 radical (unpaired) electrons. The molecular formula is C25H25ClN2O3S. The van der Waals surface area contributed by atoms with Crippen molar-refractivity contribution in [1.82, 2.24) is 9.47 Å². The van der Waals surface area contributed by atoms with Crippen LogP contribution in [0, 0.1) is 5.92 Å². The number of hydrogen-bond acceptors (Lipinski definition) is 4. The van der Waals surface area contributed by atoms with Crippen LogP contribution in [0.15, 0.2) is 59.6 Å². The fourth-order valence-corrected chi connectivity index (χ4v) is 4.75. The number of thioether (sulfide) groups is 1. The summed E-state index contributed by atoms with van der Waals surface area (Å²) in [5.74, 6) is 0.709. The minimum atomic E-state index is -0.210. The van der Waals surface area contributed by atoms with Gasteiger partial charge in [0.25, 0.3) is 11.1 Å². The fourth-order valence-electron chi connectivity index (χ4n) is 3.72. The van der Waals surface area contributed by atoms with Crippen molar-refractivity contribution >= 4 is 51.5 Å². The third-order valence-electron chi connectivity index (χ3n) is 5.16. The van der Waals surface area contributed by atoms with Crippen molar-refractivity contribution in [1.29, 1.82) is 0 Å². The SMILES string of the molecule is CC(C)CN1C(=O)S/C(=C\c2cn(CCCOc3ccccc3Cl)c3ccccc23)C1=O. The van der Waals surface area contributed by atoms with E-state index in [1.54, 1.807) is 0 Å². The van der Waals surface area contributed by atoms with Gasteiger partial charge in [-0.1, -0.05) is 55.8 Å². The van der Waals surface area contributed by atoms with Crippen molar-refractivity contribution in [2.24, 2.45) is 5.92 Å². The van der Waals surface area contributed by atoms with E-state index in [1.807, 2.05) is 68.6 Å². The minimum absolute atomic E-state index is 0.199. The van der Waals surface area contributed by atoms with Gasteiger partial charge in [0, 0.05) is 35.8 Å². The lowest BCUT2D eigenvalue weighted by Gasteiger charge is -2.14. The molecular weight excluding hydrogens is 444 g/mol. The van der Waals surface area contributed by atoms with Gasteiger partial charge in [-0.15, -0.1) is 0 Å². The molecule has 2 amide bonds. The topological polar surface area (TPSA) is 51.5 Å². The number of aromatic nitrogens is 1. The van der Waals surface area contributed by atoms with E-state index in [1.165, 1.54) is 4.90 Å². The highest BCUT2D eigenvalue weighted by Gasteiger charge is 2.35. The van der Waals surface area contributed by atoms with Gasteiger partial charge < -0.3 is 9.30 Å². The van der Waals surface area contributed by atoms with Crippen molar-refractivity contribution in [3.63, 3.8) is 0 Å². The van der Waals surface area contributed by atoms with E-state index >= 15 is 0 Å². The summed E-state index contributed by atoms with van der Waals surface area (Å²) in [5, 5.41) is 1.46. The predicted octanol–water partition coefficient (Wildman–Crippen LogP) is 6.46. The van der Waals surface area contributed by atoms with E-state index in [0.29, 0.717) is 28.8 Å². The lowest BCUT2D eigenvalue weighted by molar-refractivity contribution is -0.123. The Bertz CT molecular complexity index is 1180. The van der Waals surface area contributed by atoms with Crippen molar-refractivity contribution in [3.8, 4) is 5.75 Å². The summed E-state index contributed by atoms with van der Waals surface area (Å²) in [7, 11) is 0. The number of amides is 2. The molecule has 1 saturated heterocycles. The number of carbonyl (C=O) groups is 2. The van der Waals surface area contributed by atoms with Crippen LogP contribution in [0.3, 0.4) is 0 Å². The molecule has 7 heteroatoms. The van der Waals surface area contributed by atoms with Crippen molar-refractivity contribution < 1.29 is 14.3 Å². The Morgan fingerprint density at radius 1 is 1.09 bits per heavy atom. The van der Waals surface area contributed by atoms with E-state index in [9.17, 15) is 9.59 Å². The molecule has 1 aliphatic rings. The number of fused-ring (bicyclic) bond motifs is 1. The summed E-state index contributed by atoms with van der Waals surface area (Å²) in [4.78, 5) is 26.9. The summed E-state index contributed by atoms with van der Waals surface area (Å²) in [6.45, 7) is 5.73. The molecule has 5 nitrogen and oxygen atoms in total. The Labute approximate surface area is 197 Å². The molecule has 1 fully saturated rings. The average molecular weight is 469 g/mol. The second-order valence-electron chi connectivity index (χ2n) is 8.11. The van der Waals surface area contributed by atoms with Crippen LogP contribution in [-0.2, 0) is 11.3 Å². The van der Waals surface area contributed by atoms with Crippen LogP contribution in [0.4, 0.5) is 4.79 Å². The Balaban J connectivity index is 1.50. The third kappa shape index (κ3) is 4.87. The zero-order chi connectivity index (χ0) is 22.7. The van der Waals surface area contributed by atoms with Crippen LogP contribution in [0.25, 0.3) is 17.0 Å². The van der Waals surface area contributed by atoms with Crippen molar-refractivity contribution in [2.75, 3.05) is 13.2 Å². The Kier molecular flexibility index (Phi) is 6.92. The first-order chi connectivity index (χ1) is 15.4. The number of halogens is 1. The first-order valence-electron chi connectivity index (χ1n) is 10.6. The second-order valence-corrected chi connectivity index (χ2v) is 9.51. The monoisotopic (exact) mass is 468 g/mol. The smallest absolute Gasteiger partial charge is 0.293 e. The molecule has 0 unspecified atom stereocenters. The van der Waals surface area contributed by atoms with Gasteiger partial charge in [-0.25, -0.2) is 0 Å². The standard InChI is InChI=1S/C25H25ClN2O3S/c1-17(2)15-28-24(29)23(32-25(28)30)14-18-16-27(21-10-5-3-8-19(18)21)12-7-13-31-22-11-6-4-9-20(22)26/h3-6,8-11,14,16-17H,7,12-13,15H2,1-2H3/b23-14-. The number of imide groups is 1. The molecule has 0 N–H and O–H groups in total. The van der Waals surface area contributed by atoms with E-state index in [2.05, 4.69) is 10.6 Å². The van der Waals surface area contributed by atoms with Gasteiger partial charge in [-0.05, 0) is 48.4 Å². The van der Waals surface area contributed by atoms with Crippen LogP contribution in [0.2, 0.25) is 5.02 Å². The van der Waals surface area contributed by atoms with Gasteiger partial charge in [-0.2, -0.15) is 0 Å². The number of hydrogen-bond donors (Lipinski definition) is 0. The normalized spacial score (nSPS) is 15.5. The zero-order valence-corrected chi connectivity index (χ0v) is 19.7. The van der Waals surface area contributed by atoms with Gasteiger partial charge >= 0.3 is 0 Å². The number of benzene rings is 2. The van der Waals surface area contributed by atoms with E-state index in [-0.39, 0.29) is 17.1 Å². The van der Waals surface area contributed by atoms with Gasteiger partial charge in [0.05, 0.1) is 16.5 Å². The van der Waals surface area contributed by atoms with Crippen LogP contribution < -0.4 is 4.74 Å². The molecule has 0 spiro atoms. The maximum absolute atomic E-state index is 12.8. The molecule has 4 rings (SSSR count). The summed E-state index contributed by atoms with van der Waals surface area (Å²) in [5.41, 5.74) is 2.01. The summed E-state index contributed by atoms with van der Waals surface area (Å²) >= 11 is 7.16. The largest absolute Gasteiger partial charge is 0.492 e. The highest BCUT2D eigenvalue weighted by atomic mass is 35.5. The number of carbonyl (C=O) groups excluding carboxylic acids is 2. The Hall–Kier alpha value is -2.70. The van der Waals surface area contributed by atoms with Gasteiger partial charge in [0.2, 0.25) is 0 Å². The molecule has 1 aromatic heterocycles. The Morgan fingerprint density at radius 3 is 2.62 bits per heavy atom. The van der Waals surface area contributed by atoms with Crippen LogP contribution in [-0.4, -0.2) is 33.8 Å². The summed E-state index contributed by atoms with van der Waals surface area (Å²) in [6, 6.07) is 15.5. The molecule has 0 aliphatic carbocycles. The molecule has 2 heterocycles. The summed E-state index contributed by atoms with van der Waals surface area (Å²) < 4.78 is 7.97. The fraction of sp³-hybridized carbons (Fsp3) is 0.280. The van der Waals surface area contributed by atoms with Crippen LogP contribution in [0.5, 0.6) is 5.75 Å². The summed E-state index contributed by atoms with van der Waals surface area (Å²) in [6.07, 6.45) is 4.68. The van der Waals surface area contributed by atoms with Gasteiger partial charge in [0.1, 0.15) is 5.75 Å². The quantitative estimate of drug-likeness (QED) is 0.281. The number of rotatable bonds is 8. The molecule has 1 aliphatic heterocycles. The van der Waals surface area contributed by atoms with Crippen LogP contribution >= 0.6 is 23.4 Å². The first kappa shape index (κ1) is 22.5. The molecule has 0 bridgehead atoms. The van der Waals surface area contributed by atoms with Crippen molar-refractivity contribution in [3.05, 3.63) is 70.2 Å². The molecule has 3 aromatic rings. The maximum atomic E-state index is 12.8. The highest BCUT2D eigenvalue weighted by molar-refractivity contribution is 8.18. The van der Waals surface area contributed by atoms with E-state index in [0.717, 1.165) is 41.2 Å².